The Balaban J connectivity index is 1.44. The normalized spacial score (nSPS) is 15.1. The average Bonchev–Trinajstić information content (AvgIpc) is 3.29. The van der Waals surface area contributed by atoms with E-state index in [9.17, 15) is 4.79 Å². The molecule has 0 spiro atoms. The maximum atomic E-state index is 12.9. The molecule has 5 heteroatoms. The molecule has 34 heavy (non-hydrogen) atoms. The Morgan fingerprint density at radius 1 is 0.853 bits per heavy atom. The van der Waals surface area contributed by atoms with Crippen LogP contribution < -0.4 is 19.7 Å². The third kappa shape index (κ3) is 4.46. The molecular weight excluding hydrogens is 424 g/mol. The summed E-state index contributed by atoms with van der Waals surface area (Å²) in [5.74, 6) is 1.42. The van der Waals surface area contributed by atoms with Crippen LogP contribution in [0.5, 0.6) is 11.5 Å². The summed E-state index contributed by atoms with van der Waals surface area (Å²) in [4.78, 5) is 14.7. The summed E-state index contributed by atoms with van der Waals surface area (Å²) >= 11 is 0. The molecular formula is C29H26N2O3. The molecule has 0 aliphatic carbocycles. The summed E-state index contributed by atoms with van der Waals surface area (Å²) in [7, 11) is 1.64. The molecule has 5 nitrogen and oxygen atoms in total. The summed E-state index contributed by atoms with van der Waals surface area (Å²) in [6, 6.07) is 33.8. The minimum absolute atomic E-state index is 0.123. The van der Waals surface area contributed by atoms with Gasteiger partial charge in [0.1, 0.15) is 18.1 Å². The van der Waals surface area contributed by atoms with Crippen LogP contribution in [-0.4, -0.2) is 19.7 Å². The number of rotatable bonds is 7. The number of nitrogens with one attached hydrogen (secondary N) is 1. The number of anilines is 1. The van der Waals surface area contributed by atoms with Gasteiger partial charge < -0.3 is 14.8 Å². The molecule has 4 aromatic rings. The van der Waals surface area contributed by atoms with E-state index in [0.29, 0.717) is 24.7 Å². The van der Waals surface area contributed by atoms with Crippen LogP contribution in [0.25, 0.3) is 11.1 Å². The van der Waals surface area contributed by atoms with Crippen molar-refractivity contribution >= 4 is 11.7 Å². The van der Waals surface area contributed by atoms with Crippen molar-refractivity contribution in [2.75, 3.05) is 18.6 Å². The lowest BCUT2D eigenvalue weighted by atomic mass is 10.0. The van der Waals surface area contributed by atoms with Crippen LogP contribution in [0.2, 0.25) is 0 Å². The van der Waals surface area contributed by atoms with Crippen molar-refractivity contribution in [2.45, 2.75) is 12.6 Å². The summed E-state index contributed by atoms with van der Waals surface area (Å²) in [5.41, 5.74) is 5.09. The zero-order valence-corrected chi connectivity index (χ0v) is 19.0. The lowest BCUT2D eigenvalue weighted by Gasteiger charge is -2.26. The molecule has 0 saturated carbocycles. The molecule has 5 rings (SSSR count). The van der Waals surface area contributed by atoms with Gasteiger partial charge in [-0.3, -0.25) is 4.90 Å². The number of amides is 2. The zero-order valence-electron chi connectivity index (χ0n) is 19.0. The fourth-order valence-electron chi connectivity index (χ4n) is 4.27. The molecule has 0 radical (unpaired) electrons. The van der Waals surface area contributed by atoms with Gasteiger partial charge in [0.05, 0.1) is 13.2 Å². The summed E-state index contributed by atoms with van der Waals surface area (Å²) in [6.45, 7) is 0.925. The van der Waals surface area contributed by atoms with E-state index in [1.165, 1.54) is 0 Å². The Kier molecular flexibility index (Phi) is 6.17. The highest BCUT2D eigenvalue weighted by Crippen LogP contribution is 2.38. The molecule has 1 unspecified atom stereocenters. The third-order valence-electron chi connectivity index (χ3n) is 6.05. The van der Waals surface area contributed by atoms with Crippen LogP contribution in [0.3, 0.4) is 0 Å². The number of ether oxygens (including phenoxy) is 2. The van der Waals surface area contributed by atoms with E-state index in [1.807, 2.05) is 91.0 Å². The highest BCUT2D eigenvalue weighted by Gasteiger charge is 2.35. The van der Waals surface area contributed by atoms with Gasteiger partial charge >= 0.3 is 6.03 Å². The molecule has 1 aliphatic rings. The molecule has 0 bridgehead atoms. The van der Waals surface area contributed by atoms with Crippen molar-refractivity contribution in [1.29, 1.82) is 0 Å². The fraction of sp³-hybridized carbons (Fsp3) is 0.138. The van der Waals surface area contributed by atoms with Gasteiger partial charge in [-0.2, -0.15) is 0 Å². The summed E-state index contributed by atoms with van der Waals surface area (Å²) < 4.78 is 11.7. The molecule has 1 saturated heterocycles. The van der Waals surface area contributed by atoms with Crippen molar-refractivity contribution in [3.05, 3.63) is 114 Å². The van der Waals surface area contributed by atoms with Gasteiger partial charge in [0.15, 0.2) is 0 Å². The van der Waals surface area contributed by atoms with Crippen LogP contribution in [0, 0.1) is 0 Å². The predicted octanol–water partition coefficient (Wildman–Crippen LogP) is 6.21. The maximum Gasteiger partial charge on any atom is 0.322 e. The van der Waals surface area contributed by atoms with E-state index < -0.39 is 0 Å². The van der Waals surface area contributed by atoms with Gasteiger partial charge in [-0.1, -0.05) is 72.8 Å². The number of hydrogen-bond donors (Lipinski definition) is 1. The fourth-order valence-corrected chi connectivity index (χ4v) is 4.27. The Hall–Kier alpha value is -4.25. The van der Waals surface area contributed by atoms with Crippen LogP contribution in [-0.2, 0) is 6.61 Å². The van der Waals surface area contributed by atoms with Gasteiger partial charge in [-0.15, -0.1) is 0 Å². The highest BCUT2D eigenvalue weighted by atomic mass is 16.5. The molecule has 1 atom stereocenters. The second-order valence-electron chi connectivity index (χ2n) is 8.16. The quantitative estimate of drug-likeness (QED) is 0.364. The molecule has 1 heterocycles. The van der Waals surface area contributed by atoms with E-state index in [-0.39, 0.29) is 12.1 Å². The molecule has 2 amide bonds. The van der Waals surface area contributed by atoms with Gasteiger partial charge in [0.25, 0.3) is 0 Å². The van der Waals surface area contributed by atoms with Crippen LogP contribution >= 0.6 is 0 Å². The number of benzene rings is 4. The topological polar surface area (TPSA) is 50.8 Å². The SMILES string of the molecule is COc1ccc(C2CNC(=O)N2c2ccc(-c3ccccc3)cc2)c(OCc2ccccc2)c1. The van der Waals surface area contributed by atoms with Crippen LogP contribution in [0.1, 0.15) is 17.2 Å². The van der Waals surface area contributed by atoms with Crippen molar-refractivity contribution < 1.29 is 14.3 Å². The standard InChI is InChI=1S/C29H26N2O3/c1-33-25-16-17-26(28(18-25)34-20-21-8-4-2-5-9-21)27-19-30-29(32)31(27)24-14-12-23(13-15-24)22-10-6-3-7-11-22/h2-18,27H,19-20H2,1H3,(H,30,32). The predicted molar refractivity (Wildman–Crippen MR) is 134 cm³/mol. The number of methoxy groups -OCH3 is 1. The smallest absolute Gasteiger partial charge is 0.322 e. The first-order valence-electron chi connectivity index (χ1n) is 11.3. The summed E-state index contributed by atoms with van der Waals surface area (Å²) in [6.07, 6.45) is 0. The van der Waals surface area contributed by atoms with E-state index in [1.54, 1.807) is 12.0 Å². The van der Waals surface area contributed by atoms with Gasteiger partial charge in [-0.05, 0) is 41.0 Å². The number of carbonyl (C=O) groups is 1. The number of urea groups is 1. The molecule has 1 fully saturated rings. The third-order valence-corrected chi connectivity index (χ3v) is 6.05. The molecule has 4 aromatic carbocycles. The van der Waals surface area contributed by atoms with Crippen molar-refractivity contribution in [1.82, 2.24) is 5.32 Å². The van der Waals surface area contributed by atoms with Crippen LogP contribution in [0.4, 0.5) is 10.5 Å². The van der Waals surface area contributed by atoms with E-state index in [2.05, 4.69) is 17.4 Å². The maximum absolute atomic E-state index is 12.9. The Labute approximate surface area is 199 Å². The Morgan fingerprint density at radius 3 is 2.24 bits per heavy atom. The summed E-state index contributed by atoms with van der Waals surface area (Å²) in [5, 5.41) is 2.99. The minimum atomic E-state index is -0.202. The van der Waals surface area contributed by atoms with Crippen molar-refractivity contribution in [2.24, 2.45) is 0 Å². The monoisotopic (exact) mass is 450 g/mol. The van der Waals surface area contributed by atoms with Gasteiger partial charge in [0.2, 0.25) is 0 Å². The minimum Gasteiger partial charge on any atom is -0.497 e. The molecule has 1 aliphatic heterocycles. The zero-order chi connectivity index (χ0) is 23.3. The van der Waals surface area contributed by atoms with E-state index >= 15 is 0 Å². The first-order chi connectivity index (χ1) is 16.7. The van der Waals surface area contributed by atoms with Crippen molar-refractivity contribution in [3.8, 4) is 22.6 Å². The highest BCUT2D eigenvalue weighted by molar-refractivity contribution is 5.95. The lowest BCUT2D eigenvalue weighted by molar-refractivity contribution is 0.251. The first-order valence-corrected chi connectivity index (χ1v) is 11.3. The Morgan fingerprint density at radius 2 is 1.53 bits per heavy atom. The second-order valence-corrected chi connectivity index (χ2v) is 8.16. The largest absolute Gasteiger partial charge is 0.497 e. The molecule has 0 aromatic heterocycles. The number of carbonyl (C=O) groups excluding carboxylic acids is 1. The van der Waals surface area contributed by atoms with E-state index in [4.69, 9.17) is 9.47 Å². The van der Waals surface area contributed by atoms with Gasteiger partial charge in [0, 0.05) is 23.9 Å². The number of hydrogen-bond acceptors (Lipinski definition) is 3. The lowest BCUT2D eigenvalue weighted by Crippen LogP contribution is -2.29. The van der Waals surface area contributed by atoms with Crippen LogP contribution in [0.15, 0.2) is 103 Å². The van der Waals surface area contributed by atoms with Gasteiger partial charge in [-0.25, -0.2) is 4.79 Å². The first kappa shape index (κ1) is 21.6. The molecule has 1 N–H and O–H groups in total. The number of nitrogens with zero attached hydrogens (tertiary/aromatic N) is 1. The van der Waals surface area contributed by atoms with E-state index in [0.717, 1.165) is 27.9 Å². The molecule has 170 valence electrons. The Bertz CT molecular complexity index is 1260. The second kappa shape index (κ2) is 9.71. The van der Waals surface area contributed by atoms with Crippen molar-refractivity contribution in [3.63, 3.8) is 0 Å². The average molecular weight is 451 g/mol.